The average molecular weight is 577 g/mol. The molecule has 0 fully saturated rings. The minimum absolute atomic E-state index is 0.0271. The molecule has 0 aliphatic heterocycles. The van der Waals surface area contributed by atoms with E-state index in [1.807, 2.05) is 6.07 Å². The zero-order valence-electron chi connectivity index (χ0n) is 22.8. The molecule has 0 heterocycles. The van der Waals surface area contributed by atoms with Crippen LogP contribution in [0.1, 0.15) is 45.9 Å². The van der Waals surface area contributed by atoms with Gasteiger partial charge in [-0.25, -0.2) is 0 Å². The van der Waals surface area contributed by atoms with Crippen LogP contribution < -0.4 is 10.4 Å². The first-order chi connectivity index (χ1) is 16.0. The van der Waals surface area contributed by atoms with Crippen molar-refractivity contribution < 1.29 is 4.43 Å². The van der Waals surface area contributed by atoms with Crippen molar-refractivity contribution in [3.05, 3.63) is 99.6 Å². The third-order valence-corrected chi connectivity index (χ3v) is 8.56. The third-order valence-electron chi connectivity index (χ3n) is 5.47. The van der Waals surface area contributed by atoms with Crippen molar-refractivity contribution in [2.24, 2.45) is 0 Å². The van der Waals surface area contributed by atoms with Gasteiger partial charge in [-0.2, -0.15) is 0 Å². The van der Waals surface area contributed by atoms with Gasteiger partial charge in [-0.15, -0.1) is 0 Å². The molecule has 3 aromatic rings. The Kier molecular flexibility index (Phi) is 11.3. The first kappa shape index (κ1) is 28.6. The average Bonchev–Trinajstić information content (AvgIpc) is 2.71. The van der Waals surface area contributed by atoms with E-state index in [1.165, 1.54) is 49.3 Å². The van der Waals surface area contributed by atoms with E-state index in [4.69, 9.17) is 4.43 Å². The van der Waals surface area contributed by atoms with Crippen LogP contribution in [0.25, 0.3) is 6.08 Å². The summed E-state index contributed by atoms with van der Waals surface area (Å²) in [4.78, 5) is 7.09. The van der Waals surface area contributed by atoms with Gasteiger partial charge in [0.25, 0.3) is 9.04 Å². The quantitative estimate of drug-likeness (QED) is 0.283. The molecule has 3 rings (SSSR count). The molecule has 0 bridgehead atoms. The Labute approximate surface area is 217 Å². The van der Waals surface area contributed by atoms with Gasteiger partial charge in [0.2, 0.25) is 0 Å². The second-order valence-corrected chi connectivity index (χ2v) is 20.4. The van der Waals surface area contributed by atoms with Gasteiger partial charge in [0, 0.05) is 0 Å². The molecule has 180 valence electrons. The van der Waals surface area contributed by atoms with Gasteiger partial charge in [-0.05, 0) is 86.7 Å². The molecule has 3 aromatic carbocycles. The fraction of sp³-hybridized carbons (Fsp3) is 0.355. The Morgan fingerprint density at radius 2 is 1.09 bits per heavy atom. The van der Waals surface area contributed by atoms with Crippen LogP contribution in [0, 0.1) is 41.5 Å². The van der Waals surface area contributed by atoms with Gasteiger partial charge in [-0.1, -0.05) is 77.9 Å². The summed E-state index contributed by atoms with van der Waals surface area (Å²) in [5.41, 5.74) is 9.15. The number of benzene rings is 3. The molecular weight excluding hydrogens is 535 g/mol. The first-order valence-electron chi connectivity index (χ1n) is 12.2. The van der Waals surface area contributed by atoms with E-state index in [-0.39, 0.29) is 6.10 Å². The predicted molar refractivity (Wildman–Crippen MR) is 156 cm³/mol. The molecule has 0 saturated carbocycles. The Bertz CT molecular complexity index is 995. The second-order valence-electron chi connectivity index (χ2n) is 9.97. The molecule has 0 amide bonds. The second kappa shape index (κ2) is 13.5. The molecule has 34 heavy (non-hydrogen) atoms. The molecule has 1 unspecified atom stereocenters. The van der Waals surface area contributed by atoms with Crippen molar-refractivity contribution in [1.29, 1.82) is 0 Å². The maximum atomic E-state index is 6.86. The van der Waals surface area contributed by atoms with Crippen LogP contribution in [-0.4, -0.2) is 34.9 Å². The van der Waals surface area contributed by atoms with Crippen molar-refractivity contribution in [2.75, 3.05) is 0 Å². The topological polar surface area (TPSA) is 9.23 Å². The van der Waals surface area contributed by atoms with E-state index in [2.05, 4.69) is 124 Å². The summed E-state index contributed by atoms with van der Waals surface area (Å²) in [7, 11) is -1.41. The fourth-order valence-electron chi connectivity index (χ4n) is 4.36. The monoisotopic (exact) mass is 578 g/mol. The Morgan fingerprint density at radius 3 is 1.47 bits per heavy atom. The van der Waals surface area contributed by atoms with E-state index < -0.39 is 28.8 Å². The van der Waals surface area contributed by atoms with Crippen LogP contribution in [-0.2, 0) is 4.43 Å². The maximum absolute atomic E-state index is 6.86. The molecular formula is C31H42OSiSn. The summed E-state index contributed by atoms with van der Waals surface area (Å²) in [6.45, 7) is 15.4. The zero-order chi connectivity index (χ0) is 25.4. The molecule has 1 atom stereocenters. The minimum atomic E-state index is -1.41. The van der Waals surface area contributed by atoms with Crippen molar-refractivity contribution in [3.63, 3.8) is 0 Å². The molecule has 0 N–H and O–H groups in total. The van der Waals surface area contributed by atoms with Crippen LogP contribution in [0.4, 0.5) is 0 Å². The predicted octanol–water partition coefficient (Wildman–Crippen LogP) is 7.13. The van der Waals surface area contributed by atoms with Gasteiger partial charge in [0.15, 0.2) is 0 Å². The van der Waals surface area contributed by atoms with Gasteiger partial charge in [0.05, 0.1) is 6.10 Å². The summed E-state index contributed by atoms with van der Waals surface area (Å²) >= 11 is -0.543. The summed E-state index contributed by atoms with van der Waals surface area (Å²) in [5.74, 6) is 0. The van der Waals surface area contributed by atoms with Crippen LogP contribution >= 0.6 is 0 Å². The molecule has 1 nitrogen and oxygen atoms in total. The standard InChI is InChI=1S/C28H33OSi.3CH3.Sn/c1-19-15-21(3)27(22(4)16-19)30(28-23(5)17-20(2)18-24(28)6)29-25(7)13-14-26-11-9-8-10-12-26;;;;/h8-18,25H,1-7H3;3*1H3;/b14-13-;;;;. The number of aryl methyl sites for hydroxylation is 6. The van der Waals surface area contributed by atoms with Crippen LogP contribution in [0.5, 0.6) is 0 Å². The van der Waals surface area contributed by atoms with Gasteiger partial charge in [-0.3, -0.25) is 0 Å². The van der Waals surface area contributed by atoms with Crippen LogP contribution in [0.15, 0.2) is 60.7 Å². The van der Waals surface area contributed by atoms with Gasteiger partial charge in [0.1, 0.15) is 0 Å². The molecule has 3 heteroatoms. The third kappa shape index (κ3) is 8.55. The Balaban J connectivity index is 0.000000945. The van der Waals surface area contributed by atoms with Crippen LogP contribution in [0.3, 0.4) is 0 Å². The summed E-state index contributed by atoms with van der Waals surface area (Å²) in [6.07, 6.45) is 4.37. The molecule has 0 aliphatic rings. The van der Waals surface area contributed by atoms with Crippen LogP contribution in [0.2, 0.25) is 14.8 Å². The number of hydrogen-bond donors (Lipinski definition) is 0. The normalized spacial score (nSPS) is 12.2. The van der Waals surface area contributed by atoms with Gasteiger partial charge < -0.3 is 4.43 Å². The Hall–Kier alpha value is -1.62. The summed E-state index contributed by atoms with van der Waals surface area (Å²) in [5, 5.41) is 2.78. The first-order valence-corrected chi connectivity index (χ1v) is 22.2. The van der Waals surface area contributed by atoms with E-state index in [0.717, 1.165) is 0 Å². The van der Waals surface area contributed by atoms with Crippen molar-refractivity contribution in [3.8, 4) is 0 Å². The zero-order valence-corrected chi connectivity index (χ0v) is 26.7. The van der Waals surface area contributed by atoms with Gasteiger partial charge >= 0.3 is 34.6 Å². The Morgan fingerprint density at radius 1 is 0.706 bits per heavy atom. The van der Waals surface area contributed by atoms with E-state index in [9.17, 15) is 0 Å². The van der Waals surface area contributed by atoms with E-state index >= 15 is 0 Å². The summed E-state index contributed by atoms with van der Waals surface area (Å²) in [6, 6.07) is 19.6. The molecule has 0 aliphatic carbocycles. The molecule has 0 aromatic heterocycles. The van der Waals surface area contributed by atoms with Crippen molar-refractivity contribution >= 4 is 45.2 Å². The van der Waals surface area contributed by atoms with E-state index in [1.54, 1.807) is 0 Å². The summed E-state index contributed by atoms with van der Waals surface area (Å²) < 4.78 is 6.86. The van der Waals surface area contributed by atoms with Crippen molar-refractivity contribution in [2.45, 2.75) is 69.4 Å². The SMILES string of the molecule is Cc1cc(C)c([Si](OC(C)/C=C\c2ccccc2)c2c(C)cc(C)cc2C)c(C)c1.[CH3][Sn]([CH3])[CH3]. The number of rotatable bonds is 6. The fourth-order valence-corrected chi connectivity index (χ4v) is 7.01. The molecule has 0 saturated heterocycles. The molecule has 2 radical (unpaired) electrons. The molecule has 0 spiro atoms. The van der Waals surface area contributed by atoms with Crippen molar-refractivity contribution in [1.82, 2.24) is 0 Å². The number of hydrogen-bond acceptors (Lipinski definition) is 1. The van der Waals surface area contributed by atoms with E-state index in [0.29, 0.717) is 0 Å².